The Hall–Kier alpha value is -1.17. The lowest BCUT2D eigenvalue weighted by Crippen LogP contribution is -2.26. The van der Waals surface area contributed by atoms with E-state index in [-0.39, 0.29) is 5.91 Å². The second kappa shape index (κ2) is 5.45. The lowest BCUT2D eigenvalue weighted by Gasteiger charge is -2.18. The van der Waals surface area contributed by atoms with Crippen molar-refractivity contribution in [2.24, 2.45) is 4.99 Å². The molecule has 1 aromatic carbocycles. The van der Waals surface area contributed by atoms with Crippen molar-refractivity contribution in [1.29, 1.82) is 0 Å². The molecule has 0 spiro atoms. The van der Waals surface area contributed by atoms with Gasteiger partial charge in [-0.2, -0.15) is 4.99 Å². The van der Waals surface area contributed by atoms with Gasteiger partial charge in [0.1, 0.15) is 11.5 Å². The quantitative estimate of drug-likeness (QED) is 0.564. The molecule has 0 aromatic heterocycles. The molecule has 0 N–H and O–H groups in total. The SMILES string of the molecule is O=C1N=C2CCCCCN2C1=Cc1ccccc1I. The van der Waals surface area contributed by atoms with E-state index in [0.29, 0.717) is 0 Å². The first-order valence-electron chi connectivity index (χ1n) is 6.61. The van der Waals surface area contributed by atoms with Crippen molar-refractivity contribution in [3.63, 3.8) is 0 Å². The molecule has 0 radical (unpaired) electrons. The summed E-state index contributed by atoms with van der Waals surface area (Å²) in [6.45, 7) is 0.916. The summed E-state index contributed by atoms with van der Waals surface area (Å²) in [6.07, 6.45) is 6.40. The van der Waals surface area contributed by atoms with Crippen molar-refractivity contribution in [3.05, 3.63) is 39.1 Å². The van der Waals surface area contributed by atoms with Gasteiger partial charge >= 0.3 is 0 Å². The Balaban J connectivity index is 1.97. The van der Waals surface area contributed by atoms with Crippen molar-refractivity contribution in [1.82, 2.24) is 4.90 Å². The fourth-order valence-corrected chi connectivity index (χ4v) is 3.08. The number of carbonyl (C=O) groups is 1. The summed E-state index contributed by atoms with van der Waals surface area (Å²) < 4.78 is 1.16. The average Bonchev–Trinajstić information content (AvgIpc) is 2.58. The van der Waals surface area contributed by atoms with Crippen LogP contribution in [0.3, 0.4) is 0 Å². The number of amides is 1. The third-order valence-electron chi connectivity index (χ3n) is 3.53. The molecule has 0 aliphatic carbocycles. The van der Waals surface area contributed by atoms with E-state index in [4.69, 9.17) is 0 Å². The summed E-state index contributed by atoms with van der Waals surface area (Å²) in [5.74, 6) is 0.872. The third kappa shape index (κ3) is 2.59. The van der Waals surface area contributed by atoms with E-state index < -0.39 is 0 Å². The molecule has 1 amide bonds. The Kier molecular flexibility index (Phi) is 3.68. The molecule has 1 aromatic rings. The Bertz CT molecular complexity index is 577. The number of carbonyl (C=O) groups excluding carboxylic acids is 1. The molecule has 19 heavy (non-hydrogen) atoms. The standard InChI is InChI=1S/C15H15IN2O/c16-12-7-4-3-6-11(12)10-13-15(19)17-14-8-2-1-5-9-18(13)14/h3-4,6-7,10H,1-2,5,8-9H2. The fraction of sp³-hybridized carbons (Fsp3) is 0.333. The van der Waals surface area contributed by atoms with Crippen LogP contribution in [0.1, 0.15) is 31.2 Å². The molecule has 2 aliphatic rings. The van der Waals surface area contributed by atoms with E-state index in [0.717, 1.165) is 46.5 Å². The number of nitrogens with zero attached hydrogens (tertiary/aromatic N) is 2. The van der Waals surface area contributed by atoms with Crippen molar-refractivity contribution in [2.45, 2.75) is 25.7 Å². The first-order valence-corrected chi connectivity index (χ1v) is 7.69. The smallest absolute Gasteiger partial charge is 0.295 e. The highest BCUT2D eigenvalue weighted by Gasteiger charge is 2.29. The molecule has 3 rings (SSSR count). The molecule has 1 saturated heterocycles. The summed E-state index contributed by atoms with van der Waals surface area (Å²) in [6, 6.07) is 8.10. The Morgan fingerprint density at radius 2 is 2.05 bits per heavy atom. The van der Waals surface area contributed by atoms with Gasteiger partial charge in [0.25, 0.3) is 5.91 Å². The minimum atomic E-state index is -0.0865. The summed E-state index contributed by atoms with van der Waals surface area (Å²) in [4.78, 5) is 18.4. The summed E-state index contributed by atoms with van der Waals surface area (Å²) >= 11 is 2.30. The first-order chi connectivity index (χ1) is 9.25. The van der Waals surface area contributed by atoms with E-state index in [1.807, 2.05) is 24.3 Å². The highest BCUT2D eigenvalue weighted by Crippen LogP contribution is 2.26. The predicted molar refractivity (Wildman–Crippen MR) is 84.8 cm³/mol. The highest BCUT2D eigenvalue weighted by atomic mass is 127. The van der Waals surface area contributed by atoms with E-state index in [1.54, 1.807) is 0 Å². The van der Waals surface area contributed by atoms with Gasteiger partial charge in [0, 0.05) is 16.5 Å². The van der Waals surface area contributed by atoms with Crippen molar-refractivity contribution < 1.29 is 4.79 Å². The number of fused-ring (bicyclic) bond motifs is 1. The van der Waals surface area contributed by atoms with E-state index in [9.17, 15) is 4.79 Å². The largest absolute Gasteiger partial charge is 0.325 e. The number of amidine groups is 1. The van der Waals surface area contributed by atoms with Crippen LogP contribution in [0.5, 0.6) is 0 Å². The van der Waals surface area contributed by atoms with Crippen molar-refractivity contribution >= 4 is 40.4 Å². The van der Waals surface area contributed by atoms with Gasteiger partial charge < -0.3 is 4.90 Å². The first kappa shape index (κ1) is 12.8. The second-order valence-corrected chi connectivity index (χ2v) is 6.01. The van der Waals surface area contributed by atoms with Gasteiger partial charge in [0.2, 0.25) is 0 Å². The zero-order valence-corrected chi connectivity index (χ0v) is 12.8. The Morgan fingerprint density at radius 3 is 2.89 bits per heavy atom. The molecular formula is C15H15IN2O. The van der Waals surface area contributed by atoms with Gasteiger partial charge in [-0.05, 0) is 53.1 Å². The van der Waals surface area contributed by atoms with E-state index in [2.05, 4.69) is 38.5 Å². The average molecular weight is 366 g/mol. The van der Waals surface area contributed by atoms with Crippen molar-refractivity contribution in [2.75, 3.05) is 6.54 Å². The third-order valence-corrected chi connectivity index (χ3v) is 4.51. The van der Waals surface area contributed by atoms with Gasteiger partial charge in [-0.15, -0.1) is 0 Å². The molecule has 0 atom stereocenters. The van der Waals surface area contributed by atoms with Crippen LogP contribution in [0.25, 0.3) is 6.08 Å². The predicted octanol–water partition coefficient (Wildman–Crippen LogP) is 3.45. The maximum absolute atomic E-state index is 12.1. The van der Waals surface area contributed by atoms with Gasteiger partial charge in [-0.25, -0.2) is 0 Å². The molecule has 2 aliphatic heterocycles. The molecule has 0 bridgehead atoms. The topological polar surface area (TPSA) is 32.7 Å². The number of hydrogen-bond acceptors (Lipinski definition) is 2. The van der Waals surface area contributed by atoms with Crippen LogP contribution in [-0.2, 0) is 4.79 Å². The summed E-state index contributed by atoms with van der Waals surface area (Å²) in [5.41, 5.74) is 1.83. The van der Waals surface area contributed by atoms with Crippen LogP contribution < -0.4 is 0 Å². The summed E-state index contributed by atoms with van der Waals surface area (Å²) in [7, 11) is 0. The van der Waals surface area contributed by atoms with E-state index >= 15 is 0 Å². The molecule has 4 heteroatoms. The Labute approximate surface area is 126 Å². The lowest BCUT2D eigenvalue weighted by molar-refractivity contribution is -0.114. The van der Waals surface area contributed by atoms with Crippen LogP contribution >= 0.6 is 22.6 Å². The molecule has 2 heterocycles. The Morgan fingerprint density at radius 1 is 1.21 bits per heavy atom. The lowest BCUT2D eigenvalue weighted by atomic mass is 10.2. The maximum atomic E-state index is 12.1. The zero-order chi connectivity index (χ0) is 13.2. The number of benzene rings is 1. The molecular weight excluding hydrogens is 351 g/mol. The van der Waals surface area contributed by atoms with Gasteiger partial charge in [0.15, 0.2) is 0 Å². The van der Waals surface area contributed by atoms with Crippen LogP contribution in [0.4, 0.5) is 0 Å². The number of rotatable bonds is 1. The molecule has 0 unspecified atom stereocenters. The minimum absolute atomic E-state index is 0.0865. The highest BCUT2D eigenvalue weighted by molar-refractivity contribution is 14.1. The van der Waals surface area contributed by atoms with Crippen LogP contribution in [0.2, 0.25) is 0 Å². The van der Waals surface area contributed by atoms with Crippen LogP contribution in [-0.4, -0.2) is 23.2 Å². The molecule has 1 fully saturated rings. The maximum Gasteiger partial charge on any atom is 0.295 e. The minimum Gasteiger partial charge on any atom is -0.325 e. The normalized spacial score (nSPS) is 21.3. The second-order valence-electron chi connectivity index (χ2n) is 4.85. The van der Waals surface area contributed by atoms with Crippen LogP contribution in [0.15, 0.2) is 35.0 Å². The van der Waals surface area contributed by atoms with E-state index in [1.165, 1.54) is 6.42 Å². The number of halogens is 1. The fourth-order valence-electron chi connectivity index (χ4n) is 2.54. The number of hydrogen-bond donors (Lipinski definition) is 0. The number of aliphatic imine (C=N–C) groups is 1. The van der Waals surface area contributed by atoms with Gasteiger partial charge in [0.05, 0.1) is 0 Å². The van der Waals surface area contributed by atoms with Gasteiger partial charge in [-0.3, -0.25) is 4.79 Å². The molecule has 0 saturated carbocycles. The molecule has 3 nitrogen and oxygen atoms in total. The van der Waals surface area contributed by atoms with Crippen molar-refractivity contribution in [3.8, 4) is 0 Å². The monoisotopic (exact) mass is 366 g/mol. The van der Waals surface area contributed by atoms with Crippen LogP contribution in [0, 0.1) is 3.57 Å². The molecule has 98 valence electrons. The zero-order valence-electron chi connectivity index (χ0n) is 10.6. The summed E-state index contributed by atoms with van der Waals surface area (Å²) in [5, 5.41) is 0. The van der Waals surface area contributed by atoms with Gasteiger partial charge in [-0.1, -0.05) is 24.6 Å².